The van der Waals surface area contributed by atoms with Crippen LogP contribution in [0.15, 0.2) is 40.6 Å². The standard InChI is InChI=1S/C15H13NO4S2/c17-14(16-15(18)13-2-1-7-21-13)9-22-10-3-4-11-12(8-10)20-6-5-19-11/h1-4,7-8H,5-6,9H2,(H,16,17,18). The molecule has 1 aromatic heterocycles. The van der Waals surface area contributed by atoms with Crippen molar-refractivity contribution in [2.75, 3.05) is 19.0 Å². The molecule has 0 saturated carbocycles. The van der Waals surface area contributed by atoms with E-state index in [2.05, 4.69) is 5.32 Å². The van der Waals surface area contributed by atoms with E-state index in [0.29, 0.717) is 29.6 Å². The van der Waals surface area contributed by atoms with Gasteiger partial charge < -0.3 is 9.47 Å². The summed E-state index contributed by atoms with van der Waals surface area (Å²) < 4.78 is 10.9. The van der Waals surface area contributed by atoms with E-state index in [1.807, 2.05) is 18.2 Å². The van der Waals surface area contributed by atoms with Gasteiger partial charge in [0.15, 0.2) is 11.5 Å². The number of carbonyl (C=O) groups is 2. The molecule has 2 amide bonds. The van der Waals surface area contributed by atoms with E-state index in [-0.39, 0.29) is 17.6 Å². The molecule has 1 aliphatic heterocycles. The summed E-state index contributed by atoms with van der Waals surface area (Å²) in [5.74, 6) is 0.886. The van der Waals surface area contributed by atoms with Crippen LogP contribution in [-0.2, 0) is 4.79 Å². The fraction of sp³-hybridized carbons (Fsp3) is 0.200. The molecular weight excluding hydrogens is 322 g/mol. The van der Waals surface area contributed by atoms with Crippen LogP contribution in [-0.4, -0.2) is 30.8 Å². The summed E-state index contributed by atoms with van der Waals surface area (Å²) in [6.07, 6.45) is 0. The van der Waals surface area contributed by atoms with Crippen LogP contribution in [0.5, 0.6) is 11.5 Å². The number of nitrogens with one attached hydrogen (secondary N) is 1. The Bertz CT molecular complexity index is 685. The van der Waals surface area contributed by atoms with E-state index < -0.39 is 0 Å². The van der Waals surface area contributed by atoms with Gasteiger partial charge in [-0.2, -0.15) is 0 Å². The number of imide groups is 1. The summed E-state index contributed by atoms with van der Waals surface area (Å²) in [4.78, 5) is 25.0. The maximum Gasteiger partial charge on any atom is 0.267 e. The van der Waals surface area contributed by atoms with Gasteiger partial charge in [0.25, 0.3) is 5.91 Å². The normalized spacial score (nSPS) is 12.7. The Morgan fingerprint density at radius 3 is 2.77 bits per heavy atom. The molecule has 0 bridgehead atoms. The van der Waals surface area contributed by atoms with Crippen molar-refractivity contribution in [3.8, 4) is 11.5 Å². The Balaban J connectivity index is 1.54. The first-order valence-corrected chi connectivity index (χ1v) is 8.49. The topological polar surface area (TPSA) is 64.6 Å². The molecule has 22 heavy (non-hydrogen) atoms. The van der Waals surface area contributed by atoms with E-state index in [4.69, 9.17) is 9.47 Å². The second-order valence-corrected chi connectivity index (χ2v) is 6.45. The van der Waals surface area contributed by atoms with E-state index in [0.717, 1.165) is 4.90 Å². The Hall–Kier alpha value is -1.99. The maximum atomic E-state index is 11.8. The summed E-state index contributed by atoms with van der Waals surface area (Å²) in [6, 6.07) is 8.99. The number of ether oxygens (including phenoxy) is 2. The van der Waals surface area contributed by atoms with Crippen molar-refractivity contribution in [3.63, 3.8) is 0 Å². The molecule has 0 fully saturated rings. The Morgan fingerprint density at radius 1 is 1.18 bits per heavy atom. The predicted molar refractivity (Wildman–Crippen MR) is 84.9 cm³/mol. The minimum absolute atomic E-state index is 0.163. The minimum Gasteiger partial charge on any atom is -0.486 e. The van der Waals surface area contributed by atoms with Gasteiger partial charge in [-0.3, -0.25) is 14.9 Å². The summed E-state index contributed by atoms with van der Waals surface area (Å²) >= 11 is 2.65. The second-order valence-electron chi connectivity index (χ2n) is 4.45. The average molecular weight is 335 g/mol. The van der Waals surface area contributed by atoms with E-state index >= 15 is 0 Å². The van der Waals surface area contributed by atoms with Crippen LogP contribution in [0.25, 0.3) is 0 Å². The number of hydrogen-bond donors (Lipinski definition) is 1. The van der Waals surface area contributed by atoms with Crippen LogP contribution < -0.4 is 14.8 Å². The number of hydrogen-bond acceptors (Lipinski definition) is 6. The number of carbonyl (C=O) groups excluding carboxylic acids is 2. The average Bonchev–Trinajstić information content (AvgIpc) is 3.07. The molecule has 7 heteroatoms. The van der Waals surface area contributed by atoms with Gasteiger partial charge in [-0.05, 0) is 29.6 Å². The Kier molecular flexibility index (Phi) is 4.65. The van der Waals surface area contributed by atoms with Crippen LogP contribution in [0.3, 0.4) is 0 Å². The molecule has 1 N–H and O–H groups in total. The van der Waals surface area contributed by atoms with Crippen molar-refractivity contribution in [2.45, 2.75) is 4.90 Å². The van der Waals surface area contributed by atoms with Crippen molar-refractivity contribution in [1.82, 2.24) is 5.32 Å². The highest BCUT2D eigenvalue weighted by atomic mass is 32.2. The highest BCUT2D eigenvalue weighted by molar-refractivity contribution is 8.00. The zero-order valence-corrected chi connectivity index (χ0v) is 13.2. The number of benzene rings is 1. The number of thioether (sulfide) groups is 1. The fourth-order valence-electron chi connectivity index (χ4n) is 1.89. The van der Waals surface area contributed by atoms with E-state index in [1.54, 1.807) is 17.5 Å². The van der Waals surface area contributed by atoms with Gasteiger partial charge in [0, 0.05) is 4.90 Å². The van der Waals surface area contributed by atoms with Crippen molar-refractivity contribution < 1.29 is 19.1 Å². The predicted octanol–water partition coefficient (Wildman–Crippen LogP) is 2.57. The van der Waals surface area contributed by atoms with Crippen molar-refractivity contribution >= 4 is 34.9 Å². The molecule has 1 aromatic carbocycles. The lowest BCUT2D eigenvalue weighted by Crippen LogP contribution is -2.31. The third kappa shape index (κ3) is 3.61. The lowest BCUT2D eigenvalue weighted by Gasteiger charge is -2.18. The highest BCUT2D eigenvalue weighted by Crippen LogP contribution is 2.34. The Morgan fingerprint density at radius 2 is 2.00 bits per heavy atom. The van der Waals surface area contributed by atoms with Crippen LogP contribution >= 0.6 is 23.1 Å². The van der Waals surface area contributed by atoms with Crippen LogP contribution in [0, 0.1) is 0 Å². The lowest BCUT2D eigenvalue weighted by atomic mass is 10.3. The first-order chi connectivity index (χ1) is 10.7. The zero-order valence-electron chi connectivity index (χ0n) is 11.5. The molecular formula is C15H13NO4S2. The summed E-state index contributed by atoms with van der Waals surface area (Å²) in [5.41, 5.74) is 0. The quantitative estimate of drug-likeness (QED) is 0.870. The van der Waals surface area contributed by atoms with Crippen LogP contribution in [0.2, 0.25) is 0 Å². The molecule has 2 heterocycles. The molecule has 0 radical (unpaired) electrons. The summed E-state index contributed by atoms with van der Waals surface area (Å²) in [7, 11) is 0. The van der Waals surface area contributed by atoms with E-state index in [9.17, 15) is 9.59 Å². The Labute approximate surface area is 135 Å². The third-order valence-corrected chi connectivity index (χ3v) is 4.74. The van der Waals surface area contributed by atoms with Crippen molar-refractivity contribution in [2.24, 2.45) is 0 Å². The number of rotatable bonds is 4. The number of thiophene rings is 1. The third-order valence-electron chi connectivity index (χ3n) is 2.88. The summed E-state index contributed by atoms with van der Waals surface area (Å²) in [6.45, 7) is 1.07. The fourth-order valence-corrected chi connectivity index (χ4v) is 3.24. The van der Waals surface area contributed by atoms with Crippen LogP contribution in [0.1, 0.15) is 9.67 Å². The summed E-state index contributed by atoms with van der Waals surface area (Å²) in [5, 5.41) is 4.17. The minimum atomic E-state index is -0.359. The second kappa shape index (κ2) is 6.85. The highest BCUT2D eigenvalue weighted by Gasteiger charge is 2.14. The van der Waals surface area contributed by atoms with Crippen molar-refractivity contribution in [1.29, 1.82) is 0 Å². The SMILES string of the molecule is O=C(CSc1ccc2c(c1)OCCO2)NC(=O)c1cccs1. The molecule has 2 aromatic rings. The molecule has 3 rings (SSSR count). The number of fused-ring (bicyclic) bond motifs is 1. The maximum absolute atomic E-state index is 11.8. The van der Waals surface area contributed by atoms with E-state index in [1.165, 1.54) is 23.1 Å². The van der Waals surface area contributed by atoms with Gasteiger partial charge >= 0.3 is 0 Å². The van der Waals surface area contributed by atoms with Crippen LogP contribution in [0.4, 0.5) is 0 Å². The van der Waals surface area contributed by atoms with Gasteiger partial charge in [0.1, 0.15) is 13.2 Å². The largest absolute Gasteiger partial charge is 0.486 e. The molecule has 5 nitrogen and oxygen atoms in total. The monoisotopic (exact) mass is 335 g/mol. The first kappa shape index (κ1) is 14.9. The molecule has 0 aliphatic carbocycles. The smallest absolute Gasteiger partial charge is 0.267 e. The van der Waals surface area contributed by atoms with Gasteiger partial charge in [-0.1, -0.05) is 6.07 Å². The lowest BCUT2D eigenvalue weighted by molar-refractivity contribution is -0.117. The zero-order chi connectivity index (χ0) is 15.4. The molecule has 0 atom stereocenters. The van der Waals surface area contributed by atoms with Gasteiger partial charge in [-0.25, -0.2) is 0 Å². The molecule has 1 aliphatic rings. The van der Waals surface area contributed by atoms with Crippen molar-refractivity contribution in [3.05, 3.63) is 40.6 Å². The first-order valence-electron chi connectivity index (χ1n) is 6.62. The van der Waals surface area contributed by atoms with Gasteiger partial charge in [0.2, 0.25) is 5.91 Å². The van der Waals surface area contributed by atoms with Gasteiger partial charge in [0.05, 0.1) is 10.6 Å². The van der Waals surface area contributed by atoms with Gasteiger partial charge in [-0.15, -0.1) is 23.1 Å². The molecule has 0 saturated heterocycles. The molecule has 0 unspecified atom stereocenters. The number of amides is 2. The molecule has 0 spiro atoms. The molecule has 114 valence electrons.